The van der Waals surface area contributed by atoms with Gasteiger partial charge in [0.1, 0.15) is 28.7 Å². The van der Waals surface area contributed by atoms with Crippen LogP contribution in [0.5, 0.6) is 46.0 Å². The molecule has 2 aromatic heterocycles. The number of fused-ring (bicyclic) bond motifs is 3. The van der Waals surface area contributed by atoms with Crippen molar-refractivity contribution in [2.45, 2.75) is 57.2 Å². The van der Waals surface area contributed by atoms with Gasteiger partial charge in [0.2, 0.25) is 2.86 Å². The minimum atomic E-state index is -4.19. The molecule has 0 spiro atoms. The Hall–Kier alpha value is -2.23. The van der Waals surface area contributed by atoms with Gasteiger partial charge in [0, 0.05) is 106 Å². The van der Waals surface area contributed by atoms with Gasteiger partial charge in [-0.15, -0.1) is 23.2 Å². The summed E-state index contributed by atoms with van der Waals surface area (Å²) < 4.78 is 368. The van der Waals surface area contributed by atoms with Crippen LogP contribution in [0, 0.1) is 31.2 Å². The molecule has 1 aliphatic rings. The first-order valence-electron chi connectivity index (χ1n) is 46.3. The predicted molar refractivity (Wildman–Crippen MR) is 541 cm³/mol. The number of carbonyl (C=O) groups is 2. The Morgan fingerprint density at radius 2 is 0.993 bits per heavy atom. The topological polar surface area (TPSA) is 484 Å². The molecule has 0 bridgehead atoms. The van der Waals surface area contributed by atoms with Gasteiger partial charge < -0.3 is 70.3 Å². The second-order valence-electron chi connectivity index (χ2n) is 21.3. The summed E-state index contributed by atoms with van der Waals surface area (Å²) in [6.45, 7) is -5.18. The van der Waals surface area contributed by atoms with E-state index in [1.165, 1.54) is 126 Å². The van der Waals surface area contributed by atoms with E-state index in [1.807, 2.05) is 18.2 Å². The average molecular weight is 2840 g/mol. The fourth-order valence-electron chi connectivity index (χ4n) is 7.48. The molecular weight excluding hydrogens is 2730 g/mol. The van der Waals surface area contributed by atoms with Gasteiger partial charge in [-0.25, -0.2) is 42.6 Å². The largest absolute Gasteiger partial charge is 1.00 e. The van der Waals surface area contributed by atoms with E-state index < -0.39 is 143 Å². The van der Waals surface area contributed by atoms with Crippen LogP contribution < -0.4 is 167 Å². The van der Waals surface area contributed by atoms with Crippen molar-refractivity contribution < 1.29 is 312 Å². The molecule has 136 heavy (non-hydrogen) atoms. The summed E-state index contributed by atoms with van der Waals surface area (Å²) in [4.78, 5) is 19.5. The molecule has 746 valence electrons. The second kappa shape index (κ2) is 83.9. The number of aromatic nitrogens is 2. The second-order valence-corrected chi connectivity index (χ2v) is 39.7. The zero-order valence-corrected chi connectivity index (χ0v) is 101. The van der Waals surface area contributed by atoms with Gasteiger partial charge in [-0.1, -0.05) is 216 Å². The van der Waals surface area contributed by atoms with Crippen LogP contribution in [0.15, 0.2) is 261 Å². The van der Waals surface area contributed by atoms with Gasteiger partial charge >= 0.3 is 149 Å². The first kappa shape index (κ1) is 98.4. The number of ketones is 1. The Labute approximate surface area is 1050 Å². The van der Waals surface area contributed by atoms with Gasteiger partial charge in [0.25, 0.3) is 45.3 Å². The van der Waals surface area contributed by atoms with Gasteiger partial charge in [-0.05, 0) is 196 Å². The Kier molecular flexibility index (Phi) is 60.7. The van der Waals surface area contributed by atoms with Crippen LogP contribution in [0.1, 0.15) is 81.0 Å². The van der Waals surface area contributed by atoms with Gasteiger partial charge in [-0.3, -0.25) is 18.7 Å². The summed E-state index contributed by atoms with van der Waals surface area (Å²) in [5.74, 6) is -2.08. The maximum atomic E-state index is 13.2. The molecule has 0 saturated carbocycles. The number of ether oxygens (including phenoxy) is 5. The predicted octanol–water partition coefficient (Wildman–Crippen LogP) is 18.3. The number of alkyl halides is 9. The molecule has 1 unspecified atom stereocenters. The molecule has 1 atom stereocenters. The number of nitrogens with zero attached hydrogens (tertiary/aromatic N) is 3. The number of hydrogen-bond acceptors (Lipinski definition) is 27. The van der Waals surface area contributed by atoms with E-state index in [9.17, 15) is 43.2 Å². The smallest absolute Gasteiger partial charge is 1.00 e. The van der Waals surface area contributed by atoms with Crippen LogP contribution in [-0.4, -0.2) is 159 Å². The molecular formula is C79H81Br3Cl13Cs2F3IN3O27S5. The quantitative estimate of drug-likeness (QED) is 0.00565. The molecule has 0 radical (unpaired) electrons. The van der Waals surface area contributed by atoms with Crippen molar-refractivity contribution in [2.24, 2.45) is 5.16 Å². The zero-order valence-electron chi connectivity index (χ0n) is 96.8. The van der Waals surface area contributed by atoms with Crippen LogP contribution in [0.25, 0.3) is 21.9 Å². The average Bonchev–Trinajstić information content (AvgIpc) is 1.66. The fraction of sp³-hybridized carbons (Fsp3) is 0.177. The van der Waals surface area contributed by atoms with Crippen molar-refractivity contribution in [2.75, 3.05) is 45.0 Å². The number of phenols is 3. The zero-order chi connectivity index (χ0) is 127. The Morgan fingerprint density at radius 1 is 0.603 bits per heavy atom. The van der Waals surface area contributed by atoms with Gasteiger partial charge in [0.15, 0.2) is 60.2 Å². The summed E-state index contributed by atoms with van der Waals surface area (Å²) in [5.41, 5.74) is 4.47. The van der Waals surface area contributed by atoms with Crippen molar-refractivity contribution in [3.63, 3.8) is 0 Å². The number of benzene rings is 10. The number of methoxy groups -OCH3 is 4. The maximum absolute atomic E-state index is 13.2. The molecule has 8 N–H and O–H groups in total. The minimum absolute atomic E-state index is 0. The van der Waals surface area contributed by atoms with Crippen LogP contribution >= 0.6 is 217 Å². The van der Waals surface area contributed by atoms with Crippen molar-refractivity contribution in [3.8, 4) is 46.0 Å². The third kappa shape index (κ3) is 73.8. The molecule has 13 rings (SSSR count). The molecule has 0 amide bonds. The van der Waals surface area contributed by atoms with E-state index >= 15 is 0 Å². The van der Waals surface area contributed by atoms with E-state index in [1.54, 1.807) is 72.8 Å². The molecule has 10 aromatic carbocycles. The van der Waals surface area contributed by atoms with Crippen LogP contribution in [-0.2, 0) is 62.9 Å². The Balaban J connectivity index is -0.000000269. The summed E-state index contributed by atoms with van der Waals surface area (Å²) in [6, 6.07) is 52.8. The number of aryl methyl sites for hydroxylation is 2. The summed E-state index contributed by atoms with van der Waals surface area (Å²) in [5, 5.41) is 45.2. The number of Topliss-reactive ketones (excluding diaryl/α,β-unsaturated/α-hetero) is 1. The summed E-state index contributed by atoms with van der Waals surface area (Å²) >= 11 is 49.4. The molecule has 0 fully saturated rings. The molecule has 30 nitrogen and oxygen atoms in total. The SMILES string of the molecule is CC(=O)c1cc(Br)ccc1O.ClC(Cl)Cl.ClC(Cl)Cl.ClCCl.O=CO[O-].O=S(=O)(O)Cl.O=S(O)Cl.Oc1ccccc1F.[2H]C([2H])([2H])I.[2H]C([2H])([2H])Oc1ccc(S(=O)(=O)Cl)cc1.[2H]C([2H])([2H])Oc1ccc(S(=O)(=O)Cl)cc1F.[2H]C([2H])([2H])Oc1ccccc1.[2H]C([2H])([2H])Oc1ccccc1F.[2H]C([2H])([2H])c1noc2ccc(Br)cc12.[2H]C([2H])([2H])c1noc2ccc(S(=O)(=O)Cl)cc12.[2H]O/N=C(/c1cc(Br)ccc1O[2H])C([2H])([2H])[2H].[2H]O[2H].[Cs+].[Cs+].[H-].c1ccc2c(c1)CCO2. The van der Waals surface area contributed by atoms with Crippen molar-refractivity contribution in [3.05, 3.63) is 277 Å². The third-order valence-electron chi connectivity index (χ3n) is 12.6. The Morgan fingerprint density at radius 3 is 1.40 bits per heavy atom. The Bertz CT molecular complexity index is 6920. The normalized spacial score (nSPS) is 14.0. The van der Waals surface area contributed by atoms with E-state index in [4.69, 9.17) is 219 Å². The van der Waals surface area contributed by atoms with Gasteiger partial charge in [0.05, 0.1) is 93.9 Å². The third-order valence-corrected chi connectivity index (χ3v) is 18.2. The van der Waals surface area contributed by atoms with Crippen LogP contribution in [0.2, 0.25) is 1.43 Å². The molecule has 3 heterocycles. The van der Waals surface area contributed by atoms with Crippen molar-refractivity contribution in [1.29, 1.82) is 4.29 Å². The number of aromatic hydroxyl groups is 3. The first-order valence-corrected chi connectivity index (χ1v) is 50.9. The molecule has 12 aromatic rings. The minimum Gasteiger partial charge on any atom is -1.00 e. The van der Waals surface area contributed by atoms with Crippen LogP contribution in [0.4, 0.5) is 13.2 Å². The molecule has 1 aliphatic heterocycles. The summed E-state index contributed by atoms with van der Waals surface area (Å²) in [7, 11) is -4.82. The summed E-state index contributed by atoms with van der Waals surface area (Å²) in [6.07, 6.45) is 1.08. The van der Waals surface area contributed by atoms with E-state index in [0.29, 0.717) is 32.8 Å². The molecule has 0 saturated heterocycles. The first-order chi connectivity index (χ1) is 73.7. The monoisotopic (exact) mass is 2830 g/mol. The van der Waals surface area contributed by atoms with Gasteiger partial charge in [-0.2, -0.15) is 8.42 Å². The fourth-order valence-corrected chi connectivity index (χ4v) is 10.9. The van der Waals surface area contributed by atoms with E-state index in [0.717, 1.165) is 52.0 Å². The van der Waals surface area contributed by atoms with Crippen molar-refractivity contribution in [1.82, 2.24) is 10.3 Å². The van der Waals surface area contributed by atoms with Crippen LogP contribution in [0.3, 0.4) is 0 Å². The number of halogens is 20. The number of phenolic OH excluding ortho intramolecular Hbond substituents is 3. The van der Waals surface area contributed by atoms with E-state index in [2.05, 4.69) is 130 Å². The van der Waals surface area contributed by atoms with Crippen molar-refractivity contribution >= 4 is 303 Å². The number of para-hydroxylation sites is 4. The number of hydrogen-bond donors (Lipinski definition) is 6. The standard InChI is InChI=1S/C8H8BrNO2.C8H6BrNO.C8H7BrO2.C8H6ClNO3S.C8H8O.C7H6ClFO3S.C7H7ClO3S.C7H7FO.C7H8O.C6H5FO.2CHCl3.CH2Cl2.CH3I.CH2O3.ClHO3S.ClHO2S.2Cs.H2O.H/c1-5(10-12)7-4-6(9)2-3-8(7)11;1-5-7-4-6(9)2-3-8(7)11-10-5;1-5(10)7-4-6(9)2-3-8(7)11;1-5-7-4-6(14(9,11)12)2-3-8(7)13-10-5;1-2-4-8-7(3-1)5-6-9-8;1-12-7-3-2-5(4-6(7)9)13(8,10)11;1-11-6-2-4-7(5-3-6)12(8,9)10;1-9-7-5-3-2-4-6(7)8;1-8-7-5-3-2-4-6-7;7-5-3-1-2-4-6(5)8;2*2-1(3)4;2-1-3;1-2;2-1-4-3;1-5(2,3)4;1-4(2)3;;;;/h2-4,11-12H,1H3;2-4H,1H3;2-4,11H,1H3;2-4H,1H3;1-4H,5-6H2;2-4H,1H3;2-5H,1H3;2-5H,1H3;2-6H,1H3;1-4,8H;2*1H;1H2;1H3;1,3H;(H,2,3,4);(H,2,3);;;1H2;/q;;;;;;;;;;;;;;;;;2*+1;;-1/p-1/b10-5+;;;;;;;;;;;;;;;;;;;;/i2*1D3;;1D3;;4*1D3;;;;;1D3;;;;;;;/hD4. The van der Waals surface area contributed by atoms with E-state index in [-0.39, 0.29) is 223 Å². The maximum Gasteiger partial charge on any atom is 1.00 e. The molecule has 0 aliphatic carbocycles. The number of carbonyl (C=O) groups excluding carboxylic acids is 2. The molecule has 57 heteroatoms. The number of oxime groups is 1. The number of rotatable bonds is 12.